The number of non-ortho nitro benzene ring substituents is 1. The number of nitrogens with one attached hydrogen (secondary N) is 1. The number of amides is 1. The molecular weight excluding hydrogens is 340 g/mol. The number of benzene rings is 2. The Hall–Kier alpha value is -3.42. The Kier molecular flexibility index (Phi) is 5.90. The van der Waals surface area contributed by atoms with E-state index in [9.17, 15) is 19.7 Å². The van der Waals surface area contributed by atoms with Crippen LogP contribution in [0, 0.1) is 24.0 Å². The molecule has 136 valence electrons. The minimum atomic E-state index is -0.888. The largest absolute Gasteiger partial charge is 0.496 e. The van der Waals surface area contributed by atoms with E-state index in [0.717, 1.165) is 17.2 Å². The lowest BCUT2D eigenvalue weighted by molar-refractivity contribution is -0.384. The Bertz CT molecular complexity index is 843. The van der Waals surface area contributed by atoms with Gasteiger partial charge in [0.15, 0.2) is 6.61 Å². The van der Waals surface area contributed by atoms with Crippen LogP contribution in [0.2, 0.25) is 0 Å². The van der Waals surface area contributed by atoms with Gasteiger partial charge in [-0.3, -0.25) is 14.9 Å². The highest BCUT2D eigenvalue weighted by Crippen LogP contribution is 2.24. The summed E-state index contributed by atoms with van der Waals surface area (Å²) in [5, 5.41) is 13.5. The third-order valence-electron chi connectivity index (χ3n) is 3.45. The molecule has 0 aliphatic carbocycles. The third-order valence-corrected chi connectivity index (χ3v) is 3.45. The van der Waals surface area contributed by atoms with E-state index in [2.05, 4.69) is 5.32 Å². The normalized spacial score (nSPS) is 10.1. The number of anilines is 1. The lowest BCUT2D eigenvalue weighted by Crippen LogP contribution is -2.21. The van der Waals surface area contributed by atoms with Crippen LogP contribution in [0.15, 0.2) is 36.4 Å². The molecule has 0 saturated heterocycles. The number of hydrogen-bond donors (Lipinski definition) is 1. The molecule has 8 nitrogen and oxygen atoms in total. The van der Waals surface area contributed by atoms with Crippen molar-refractivity contribution < 1.29 is 24.0 Å². The Morgan fingerprint density at radius 3 is 2.35 bits per heavy atom. The summed E-state index contributed by atoms with van der Waals surface area (Å²) in [5.74, 6) is -1.29. The summed E-state index contributed by atoms with van der Waals surface area (Å²) in [5.41, 5.74) is 2.16. The summed E-state index contributed by atoms with van der Waals surface area (Å²) in [6, 6.07) is 9.09. The van der Waals surface area contributed by atoms with E-state index in [-0.39, 0.29) is 17.0 Å². The van der Waals surface area contributed by atoms with E-state index in [0.29, 0.717) is 5.69 Å². The number of rotatable bonds is 6. The number of nitro groups is 1. The summed E-state index contributed by atoms with van der Waals surface area (Å²) in [6.45, 7) is 3.27. The number of methoxy groups -OCH3 is 1. The number of nitro benzene ring substituents is 1. The zero-order valence-corrected chi connectivity index (χ0v) is 14.6. The maximum Gasteiger partial charge on any atom is 0.342 e. The second kappa shape index (κ2) is 8.11. The molecule has 1 N–H and O–H groups in total. The second-order valence-electron chi connectivity index (χ2n) is 5.64. The molecule has 0 aromatic heterocycles. The molecule has 0 bridgehead atoms. The fraction of sp³-hybridized carbons (Fsp3) is 0.222. The van der Waals surface area contributed by atoms with Gasteiger partial charge in [0.1, 0.15) is 11.3 Å². The maximum atomic E-state index is 12.2. The first-order valence-corrected chi connectivity index (χ1v) is 7.68. The molecule has 0 aliphatic rings. The van der Waals surface area contributed by atoms with Gasteiger partial charge in [-0.1, -0.05) is 6.07 Å². The molecule has 8 heteroatoms. The van der Waals surface area contributed by atoms with E-state index >= 15 is 0 Å². The molecule has 26 heavy (non-hydrogen) atoms. The molecular formula is C18H18N2O6. The van der Waals surface area contributed by atoms with Gasteiger partial charge in [-0.25, -0.2) is 4.79 Å². The number of aryl methyl sites for hydroxylation is 2. The summed E-state index contributed by atoms with van der Waals surface area (Å²) in [4.78, 5) is 34.3. The number of nitrogens with zero attached hydrogens (tertiary/aromatic N) is 1. The Balaban J connectivity index is 2.04. The van der Waals surface area contributed by atoms with Crippen LogP contribution < -0.4 is 10.1 Å². The molecule has 0 aliphatic heterocycles. The van der Waals surface area contributed by atoms with E-state index in [1.165, 1.54) is 19.2 Å². The van der Waals surface area contributed by atoms with Crippen LogP contribution in [0.4, 0.5) is 11.4 Å². The number of carbonyl (C=O) groups excluding carboxylic acids is 2. The Morgan fingerprint density at radius 1 is 1.12 bits per heavy atom. The van der Waals surface area contributed by atoms with Crippen molar-refractivity contribution >= 4 is 23.3 Å². The van der Waals surface area contributed by atoms with Crippen molar-refractivity contribution in [2.45, 2.75) is 13.8 Å². The highest BCUT2D eigenvalue weighted by molar-refractivity contribution is 5.97. The molecule has 2 aromatic carbocycles. The zero-order valence-electron chi connectivity index (χ0n) is 14.6. The summed E-state index contributed by atoms with van der Waals surface area (Å²) in [6.07, 6.45) is 0. The second-order valence-corrected chi connectivity index (χ2v) is 5.64. The fourth-order valence-electron chi connectivity index (χ4n) is 2.42. The molecule has 2 aromatic rings. The first-order chi connectivity index (χ1) is 12.3. The summed E-state index contributed by atoms with van der Waals surface area (Å²) in [7, 11) is 1.32. The van der Waals surface area contributed by atoms with Crippen molar-refractivity contribution in [2.75, 3.05) is 19.0 Å². The van der Waals surface area contributed by atoms with E-state index < -0.39 is 23.4 Å². The number of esters is 1. The topological polar surface area (TPSA) is 108 Å². The average Bonchev–Trinajstić information content (AvgIpc) is 2.58. The molecule has 0 saturated carbocycles. The predicted molar refractivity (Wildman–Crippen MR) is 94.5 cm³/mol. The molecule has 0 spiro atoms. The van der Waals surface area contributed by atoms with Crippen molar-refractivity contribution in [2.24, 2.45) is 0 Å². The SMILES string of the molecule is COc1ccc([N+](=O)[O-])cc1C(=O)OCC(=O)Nc1cc(C)cc(C)c1. The van der Waals surface area contributed by atoms with E-state index in [1.807, 2.05) is 19.9 Å². The van der Waals surface area contributed by atoms with Crippen molar-refractivity contribution in [1.29, 1.82) is 0 Å². The average molecular weight is 358 g/mol. The van der Waals surface area contributed by atoms with Gasteiger partial charge < -0.3 is 14.8 Å². The van der Waals surface area contributed by atoms with Crippen molar-refractivity contribution in [1.82, 2.24) is 0 Å². The van der Waals surface area contributed by atoms with Crippen LogP contribution in [-0.4, -0.2) is 30.5 Å². The number of ether oxygens (including phenoxy) is 2. The van der Waals surface area contributed by atoms with Gasteiger partial charge in [0.25, 0.3) is 11.6 Å². The minimum absolute atomic E-state index is 0.121. The standard InChI is InChI=1S/C18H18N2O6/c1-11-6-12(2)8-13(7-11)19-17(21)10-26-18(22)15-9-14(20(23)24)4-5-16(15)25-3/h4-9H,10H2,1-3H3,(H,19,21). The molecule has 1 amide bonds. The van der Waals surface area contributed by atoms with Gasteiger partial charge in [-0.05, 0) is 43.2 Å². The van der Waals surface area contributed by atoms with Crippen LogP contribution in [0.1, 0.15) is 21.5 Å². The lowest BCUT2D eigenvalue weighted by Gasteiger charge is -2.10. The first-order valence-electron chi connectivity index (χ1n) is 7.68. The van der Waals surface area contributed by atoms with Gasteiger partial charge >= 0.3 is 5.97 Å². The van der Waals surface area contributed by atoms with Crippen molar-refractivity contribution in [3.8, 4) is 5.75 Å². The molecule has 0 fully saturated rings. The number of carbonyl (C=O) groups is 2. The Labute approximate surface area is 149 Å². The summed E-state index contributed by atoms with van der Waals surface area (Å²) < 4.78 is 9.95. The predicted octanol–water partition coefficient (Wildman–Crippen LogP) is 3.02. The van der Waals surface area contributed by atoms with Crippen LogP contribution in [0.3, 0.4) is 0 Å². The first kappa shape index (κ1) is 18.9. The highest BCUT2D eigenvalue weighted by atomic mass is 16.6. The Morgan fingerprint density at radius 2 is 1.77 bits per heavy atom. The molecule has 0 unspecified atom stereocenters. The van der Waals surface area contributed by atoms with Gasteiger partial charge in [0.2, 0.25) is 0 Å². The third kappa shape index (κ3) is 4.79. The summed E-state index contributed by atoms with van der Waals surface area (Å²) >= 11 is 0. The van der Waals surface area contributed by atoms with E-state index in [1.54, 1.807) is 12.1 Å². The van der Waals surface area contributed by atoms with Crippen LogP contribution in [-0.2, 0) is 9.53 Å². The van der Waals surface area contributed by atoms with Crippen LogP contribution in [0.25, 0.3) is 0 Å². The molecule has 0 atom stereocenters. The van der Waals surface area contributed by atoms with Gasteiger partial charge in [-0.15, -0.1) is 0 Å². The van der Waals surface area contributed by atoms with Crippen molar-refractivity contribution in [3.63, 3.8) is 0 Å². The van der Waals surface area contributed by atoms with Crippen LogP contribution in [0.5, 0.6) is 5.75 Å². The number of hydrogen-bond acceptors (Lipinski definition) is 6. The fourth-order valence-corrected chi connectivity index (χ4v) is 2.42. The monoisotopic (exact) mass is 358 g/mol. The van der Waals surface area contributed by atoms with Gasteiger partial charge in [0.05, 0.1) is 12.0 Å². The molecule has 0 heterocycles. The smallest absolute Gasteiger partial charge is 0.342 e. The van der Waals surface area contributed by atoms with E-state index in [4.69, 9.17) is 9.47 Å². The zero-order chi connectivity index (χ0) is 19.3. The molecule has 0 radical (unpaired) electrons. The van der Waals surface area contributed by atoms with Gasteiger partial charge in [-0.2, -0.15) is 0 Å². The maximum absolute atomic E-state index is 12.2. The minimum Gasteiger partial charge on any atom is -0.496 e. The lowest BCUT2D eigenvalue weighted by atomic mass is 10.1. The molecule has 2 rings (SSSR count). The van der Waals surface area contributed by atoms with Crippen molar-refractivity contribution in [3.05, 3.63) is 63.2 Å². The quantitative estimate of drug-likeness (QED) is 0.483. The van der Waals surface area contributed by atoms with Crippen LogP contribution >= 0.6 is 0 Å². The highest BCUT2D eigenvalue weighted by Gasteiger charge is 2.19. The van der Waals surface area contributed by atoms with Gasteiger partial charge in [0, 0.05) is 17.8 Å².